The van der Waals surface area contributed by atoms with Crippen LogP contribution in [0.3, 0.4) is 0 Å². The first-order valence-corrected chi connectivity index (χ1v) is 5.55. The predicted octanol–water partition coefficient (Wildman–Crippen LogP) is 1.67. The van der Waals surface area contributed by atoms with Crippen LogP contribution in [0.15, 0.2) is 16.6 Å². The van der Waals surface area contributed by atoms with Crippen LogP contribution < -0.4 is 9.47 Å². The van der Waals surface area contributed by atoms with E-state index in [1.54, 1.807) is 0 Å². The molecule has 1 aliphatic heterocycles. The Hall–Kier alpha value is -2.83. The van der Waals surface area contributed by atoms with Gasteiger partial charge < -0.3 is 18.6 Å². The third-order valence-electron chi connectivity index (χ3n) is 2.86. The highest BCUT2D eigenvalue weighted by Crippen LogP contribution is 2.52. The van der Waals surface area contributed by atoms with E-state index in [-0.39, 0.29) is 39.4 Å². The minimum absolute atomic E-state index is 0.00209. The van der Waals surface area contributed by atoms with Gasteiger partial charge in [0.1, 0.15) is 11.1 Å². The lowest BCUT2D eigenvalue weighted by Gasteiger charge is -2.03. The second kappa shape index (κ2) is 3.83. The molecule has 0 amide bonds. The lowest BCUT2D eigenvalue weighted by Crippen LogP contribution is -2.09. The van der Waals surface area contributed by atoms with Crippen molar-refractivity contribution >= 4 is 29.1 Å². The summed E-state index contributed by atoms with van der Waals surface area (Å²) in [6.45, 7) is 4.90. The first-order valence-electron chi connectivity index (χ1n) is 5.55. The topological polar surface area (TPSA) is 92.0 Å². The number of rotatable bonds is 3. The van der Waals surface area contributed by atoms with Gasteiger partial charge in [0.05, 0.1) is 7.11 Å². The smallest absolute Gasteiger partial charge is 0.348 e. The van der Waals surface area contributed by atoms with Gasteiger partial charge in [-0.05, 0) is 6.92 Å². The molecule has 20 heavy (non-hydrogen) atoms. The summed E-state index contributed by atoms with van der Waals surface area (Å²) in [5, 5.41) is 0. The van der Waals surface area contributed by atoms with Gasteiger partial charge in [-0.25, -0.2) is 14.4 Å². The lowest BCUT2D eigenvalue weighted by atomic mass is 10.1. The summed E-state index contributed by atoms with van der Waals surface area (Å²) < 4.78 is 19.9. The Morgan fingerprint density at radius 2 is 1.95 bits per heavy atom. The molecule has 0 aromatic carbocycles. The highest BCUT2D eigenvalue weighted by atomic mass is 16.6. The highest BCUT2D eigenvalue weighted by molar-refractivity contribution is 6.20. The molecule has 7 nitrogen and oxygen atoms in total. The lowest BCUT2D eigenvalue weighted by molar-refractivity contribution is -0.130. The summed E-state index contributed by atoms with van der Waals surface area (Å²) in [4.78, 5) is 35.0. The van der Waals surface area contributed by atoms with E-state index >= 15 is 0 Å². The molecular formula is C13H8O7. The standard InChI is InChI=1S/C13H8O7/c1-4(2)11(14)19-9-7-5(12(15)17-3)6-8(18-7)10(9)20-13(6)16/h1H2,2-3H3. The van der Waals surface area contributed by atoms with Crippen molar-refractivity contribution in [3.8, 4) is 11.5 Å². The molecule has 102 valence electrons. The number of methoxy groups -OCH3 is 1. The summed E-state index contributed by atoms with van der Waals surface area (Å²) in [5.41, 5.74) is 0.0853. The van der Waals surface area contributed by atoms with Crippen molar-refractivity contribution in [3.63, 3.8) is 0 Å². The fourth-order valence-corrected chi connectivity index (χ4v) is 1.96. The highest BCUT2D eigenvalue weighted by Gasteiger charge is 2.43. The number of carbonyl (C=O) groups excluding carboxylic acids is 3. The third-order valence-corrected chi connectivity index (χ3v) is 2.86. The molecule has 0 fully saturated rings. The SMILES string of the molecule is C=C(C)C(=O)Oc1c2c3oc1c(C(=O)OC)c3C(=O)O2. The van der Waals surface area contributed by atoms with Gasteiger partial charge in [0.25, 0.3) is 0 Å². The fraction of sp³-hybridized carbons (Fsp3) is 0.154. The Bertz CT molecular complexity index is 780. The second-order valence-corrected chi connectivity index (χ2v) is 4.22. The molecule has 0 atom stereocenters. The van der Waals surface area contributed by atoms with Gasteiger partial charge in [0, 0.05) is 5.57 Å². The Labute approximate surface area is 112 Å². The molecule has 2 aromatic rings. The van der Waals surface area contributed by atoms with E-state index in [4.69, 9.17) is 13.9 Å². The predicted molar refractivity (Wildman–Crippen MR) is 64.1 cm³/mol. The van der Waals surface area contributed by atoms with Gasteiger partial charge in [-0.2, -0.15) is 0 Å². The van der Waals surface area contributed by atoms with Crippen LogP contribution in [0.4, 0.5) is 0 Å². The zero-order valence-corrected chi connectivity index (χ0v) is 10.6. The first kappa shape index (κ1) is 12.2. The molecule has 3 heterocycles. The zero-order chi connectivity index (χ0) is 14.6. The van der Waals surface area contributed by atoms with Gasteiger partial charge in [0.15, 0.2) is 11.2 Å². The monoisotopic (exact) mass is 276 g/mol. The molecule has 3 rings (SSSR count). The first-order chi connectivity index (χ1) is 9.45. The number of esters is 3. The molecule has 2 aromatic heterocycles. The number of ether oxygens (including phenoxy) is 3. The summed E-state index contributed by atoms with van der Waals surface area (Å²) >= 11 is 0. The van der Waals surface area contributed by atoms with Crippen molar-refractivity contribution in [3.05, 3.63) is 23.3 Å². The van der Waals surface area contributed by atoms with Crippen LogP contribution in [0.25, 0.3) is 11.2 Å². The largest absolute Gasteiger partial charge is 0.465 e. The van der Waals surface area contributed by atoms with Crippen molar-refractivity contribution in [2.24, 2.45) is 0 Å². The Morgan fingerprint density at radius 3 is 2.55 bits per heavy atom. The van der Waals surface area contributed by atoms with Crippen LogP contribution in [-0.4, -0.2) is 25.0 Å². The Morgan fingerprint density at radius 1 is 1.25 bits per heavy atom. The number of fused-ring (bicyclic) bond motifs is 1. The van der Waals surface area contributed by atoms with Crippen molar-refractivity contribution in [1.29, 1.82) is 0 Å². The number of furan rings is 2. The minimum Gasteiger partial charge on any atom is -0.465 e. The average molecular weight is 276 g/mol. The van der Waals surface area contributed by atoms with E-state index in [0.717, 1.165) is 7.11 Å². The van der Waals surface area contributed by atoms with Crippen LogP contribution in [0.2, 0.25) is 0 Å². The summed E-state index contributed by atoms with van der Waals surface area (Å²) in [5.74, 6) is -2.34. The minimum atomic E-state index is -0.772. The van der Waals surface area contributed by atoms with E-state index in [0.29, 0.717) is 0 Å². The molecule has 0 saturated heterocycles. The molecular weight excluding hydrogens is 268 g/mol. The maximum Gasteiger partial charge on any atom is 0.348 e. The average Bonchev–Trinajstić information content (AvgIpc) is 3.00. The number of benzene rings is 1. The van der Waals surface area contributed by atoms with Crippen LogP contribution in [0.1, 0.15) is 27.6 Å². The summed E-state index contributed by atoms with van der Waals surface area (Å²) in [7, 11) is 1.16. The van der Waals surface area contributed by atoms with E-state index in [1.807, 2.05) is 0 Å². The van der Waals surface area contributed by atoms with Crippen molar-refractivity contribution in [1.82, 2.24) is 0 Å². The quantitative estimate of drug-likeness (QED) is 0.478. The number of hydrogen-bond donors (Lipinski definition) is 0. The van der Waals surface area contributed by atoms with Gasteiger partial charge in [0.2, 0.25) is 11.5 Å². The Balaban J connectivity index is 2.17. The maximum absolute atomic E-state index is 11.7. The maximum atomic E-state index is 11.7. The van der Waals surface area contributed by atoms with Gasteiger partial charge in [-0.3, -0.25) is 0 Å². The van der Waals surface area contributed by atoms with Crippen LogP contribution >= 0.6 is 0 Å². The number of carbonyl (C=O) groups is 3. The van der Waals surface area contributed by atoms with Gasteiger partial charge in [-0.1, -0.05) is 6.58 Å². The van der Waals surface area contributed by atoms with E-state index in [1.165, 1.54) is 6.92 Å². The van der Waals surface area contributed by atoms with Crippen LogP contribution in [-0.2, 0) is 9.53 Å². The van der Waals surface area contributed by atoms with Gasteiger partial charge in [-0.15, -0.1) is 0 Å². The molecule has 2 bridgehead atoms. The molecule has 0 unspecified atom stereocenters. The van der Waals surface area contributed by atoms with Gasteiger partial charge >= 0.3 is 17.9 Å². The molecule has 0 N–H and O–H groups in total. The third kappa shape index (κ3) is 1.37. The zero-order valence-electron chi connectivity index (χ0n) is 10.6. The van der Waals surface area contributed by atoms with Crippen molar-refractivity contribution in [2.45, 2.75) is 6.92 Å². The Kier molecular flexibility index (Phi) is 2.34. The molecule has 0 radical (unpaired) electrons. The molecule has 0 aliphatic carbocycles. The summed E-state index contributed by atoms with van der Waals surface area (Å²) in [6.07, 6.45) is 0. The van der Waals surface area contributed by atoms with Crippen molar-refractivity contribution < 1.29 is 33.0 Å². The molecule has 0 saturated carbocycles. The van der Waals surface area contributed by atoms with Crippen LogP contribution in [0, 0.1) is 0 Å². The fourth-order valence-electron chi connectivity index (χ4n) is 1.96. The number of hydrogen-bond acceptors (Lipinski definition) is 7. The molecule has 7 heteroatoms. The van der Waals surface area contributed by atoms with E-state index in [9.17, 15) is 14.4 Å². The summed E-state index contributed by atoms with van der Waals surface area (Å²) in [6, 6.07) is 0. The van der Waals surface area contributed by atoms with E-state index in [2.05, 4.69) is 11.3 Å². The normalized spacial score (nSPS) is 12.6. The second-order valence-electron chi connectivity index (χ2n) is 4.22. The molecule has 1 aliphatic rings. The van der Waals surface area contributed by atoms with Crippen molar-refractivity contribution in [2.75, 3.05) is 7.11 Å². The van der Waals surface area contributed by atoms with Crippen LogP contribution in [0.5, 0.6) is 11.5 Å². The van der Waals surface area contributed by atoms with E-state index < -0.39 is 17.9 Å². The molecule has 0 spiro atoms.